The van der Waals surface area contributed by atoms with Crippen molar-refractivity contribution >= 4 is 34.8 Å². The van der Waals surface area contributed by atoms with Crippen molar-refractivity contribution < 1.29 is 14.7 Å². The van der Waals surface area contributed by atoms with E-state index in [2.05, 4.69) is 10.3 Å². The first kappa shape index (κ1) is 16.9. The third-order valence-corrected chi connectivity index (χ3v) is 5.85. The van der Waals surface area contributed by atoms with Crippen LogP contribution in [-0.2, 0) is 10.2 Å². The van der Waals surface area contributed by atoms with Gasteiger partial charge in [0.25, 0.3) is 0 Å². The van der Waals surface area contributed by atoms with Gasteiger partial charge in [-0.2, -0.15) is 0 Å². The maximum absolute atomic E-state index is 12.8. The lowest BCUT2D eigenvalue weighted by Crippen LogP contribution is -2.36. The Hall–Kier alpha value is -1.92. The summed E-state index contributed by atoms with van der Waals surface area (Å²) in [4.78, 5) is 28.4. The lowest BCUT2D eigenvalue weighted by atomic mass is 9.95. The second-order valence-electron chi connectivity index (χ2n) is 6.06. The quantitative estimate of drug-likeness (QED) is 0.847. The SMILES string of the molecule is Cc1nc(C(C)NC(=O)C2(c3cccc(Cl)c3)CC2)sc1C(=O)O. The number of aromatic nitrogens is 1. The number of aromatic carboxylic acids is 1. The van der Waals surface area contributed by atoms with E-state index in [1.807, 2.05) is 25.1 Å². The fraction of sp³-hybridized carbons (Fsp3) is 0.353. The Morgan fingerprint density at radius 1 is 1.42 bits per heavy atom. The van der Waals surface area contributed by atoms with Crippen LogP contribution in [0, 0.1) is 6.92 Å². The molecule has 24 heavy (non-hydrogen) atoms. The smallest absolute Gasteiger partial charge is 0.347 e. The number of hydrogen-bond donors (Lipinski definition) is 2. The highest BCUT2D eigenvalue weighted by Gasteiger charge is 2.51. The van der Waals surface area contributed by atoms with E-state index in [0.717, 1.165) is 29.7 Å². The summed E-state index contributed by atoms with van der Waals surface area (Å²) in [5.41, 5.74) is 0.863. The van der Waals surface area contributed by atoms with Crippen LogP contribution < -0.4 is 5.32 Å². The number of carboxylic acids is 1. The number of nitrogens with one attached hydrogen (secondary N) is 1. The molecule has 1 unspecified atom stereocenters. The fourth-order valence-electron chi connectivity index (χ4n) is 2.76. The van der Waals surface area contributed by atoms with Gasteiger partial charge in [0.05, 0.1) is 17.2 Å². The van der Waals surface area contributed by atoms with Crippen LogP contribution in [0.15, 0.2) is 24.3 Å². The van der Waals surface area contributed by atoms with Gasteiger partial charge < -0.3 is 10.4 Å². The normalized spacial score (nSPS) is 16.5. The molecule has 0 aliphatic heterocycles. The number of thiazole rings is 1. The van der Waals surface area contributed by atoms with E-state index < -0.39 is 11.4 Å². The number of aryl methyl sites for hydroxylation is 1. The molecule has 2 aromatic rings. The van der Waals surface area contributed by atoms with Crippen LogP contribution >= 0.6 is 22.9 Å². The molecule has 1 saturated carbocycles. The zero-order chi connectivity index (χ0) is 17.5. The molecule has 1 heterocycles. The third-order valence-electron chi connectivity index (χ3n) is 4.29. The van der Waals surface area contributed by atoms with Crippen molar-refractivity contribution in [2.75, 3.05) is 0 Å². The van der Waals surface area contributed by atoms with Gasteiger partial charge in [-0.1, -0.05) is 23.7 Å². The van der Waals surface area contributed by atoms with Crippen molar-refractivity contribution in [1.29, 1.82) is 0 Å². The van der Waals surface area contributed by atoms with Crippen LogP contribution in [0.25, 0.3) is 0 Å². The van der Waals surface area contributed by atoms with E-state index >= 15 is 0 Å². The molecule has 1 aliphatic rings. The first-order valence-electron chi connectivity index (χ1n) is 7.61. The Kier molecular flexibility index (Phi) is 4.36. The summed E-state index contributed by atoms with van der Waals surface area (Å²) >= 11 is 7.14. The molecule has 1 amide bonds. The van der Waals surface area contributed by atoms with Crippen molar-refractivity contribution in [3.8, 4) is 0 Å². The van der Waals surface area contributed by atoms with Gasteiger partial charge in [0.1, 0.15) is 9.88 Å². The Morgan fingerprint density at radius 3 is 2.67 bits per heavy atom. The predicted molar refractivity (Wildman–Crippen MR) is 92.7 cm³/mol. The van der Waals surface area contributed by atoms with Gasteiger partial charge in [0.15, 0.2) is 0 Å². The molecule has 2 N–H and O–H groups in total. The summed E-state index contributed by atoms with van der Waals surface area (Å²) in [7, 11) is 0. The van der Waals surface area contributed by atoms with Gasteiger partial charge in [-0.15, -0.1) is 11.3 Å². The number of hydrogen-bond acceptors (Lipinski definition) is 4. The maximum atomic E-state index is 12.8. The maximum Gasteiger partial charge on any atom is 0.347 e. The molecule has 7 heteroatoms. The van der Waals surface area contributed by atoms with E-state index in [4.69, 9.17) is 16.7 Å². The zero-order valence-electron chi connectivity index (χ0n) is 13.3. The second kappa shape index (κ2) is 6.18. The van der Waals surface area contributed by atoms with Crippen molar-refractivity contribution in [3.05, 3.63) is 50.4 Å². The van der Waals surface area contributed by atoms with Gasteiger partial charge in [-0.25, -0.2) is 9.78 Å². The summed E-state index contributed by atoms with van der Waals surface area (Å²) in [5, 5.41) is 13.3. The van der Waals surface area contributed by atoms with E-state index in [0.29, 0.717) is 15.7 Å². The van der Waals surface area contributed by atoms with Crippen molar-refractivity contribution in [2.24, 2.45) is 0 Å². The van der Waals surface area contributed by atoms with E-state index in [9.17, 15) is 9.59 Å². The van der Waals surface area contributed by atoms with Gasteiger partial charge in [-0.3, -0.25) is 4.79 Å². The van der Waals surface area contributed by atoms with E-state index in [-0.39, 0.29) is 16.8 Å². The van der Waals surface area contributed by atoms with Crippen LogP contribution in [0.1, 0.15) is 51.7 Å². The monoisotopic (exact) mass is 364 g/mol. The topological polar surface area (TPSA) is 79.3 Å². The molecule has 0 saturated heterocycles. The molecular weight excluding hydrogens is 348 g/mol. The summed E-state index contributed by atoms with van der Waals surface area (Å²) in [6.07, 6.45) is 1.56. The number of nitrogens with zero attached hydrogens (tertiary/aromatic N) is 1. The number of rotatable bonds is 5. The number of amides is 1. The summed E-state index contributed by atoms with van der Waals surface area (Å²) in [6.45, 7) is 3.47. The minimum absolute atomic E-state index is 0.0676. The first-order chi connectivity index (χ1) is 11.3. The van der Waals surface area contributed by atoms with Crippen LogP contribution in [0.3, 0.4) is 0 Å². The van der Waals surface area contributed by atoms with Gasteiger partial charge >= 0.3 is 5.97 Å². The van der Waals surface area contributed by atoms with Crippen molar-refractivity contribution in [2.45, 2.75) is 38.1 Å². The number of carbonyl (C=O) groups excluding carboxylic acids is 1. The van der Waals surface area contributed by atoms with Gasteiger partial charge in [-0.05, 0) is 44.4 Å². The molecule has 0 bridgehead atoms. The van der Waals surface area contributed by atoms with Gasteiger partial charge in [0.2, 0.25) is 5.91 Å². The van der Waals surface area contributed by atoms with Crippen LogP contribution in [0.4, 0.5) is 0 Å². The number of halogens is 1. The molecule has 0 spiro atoms. The van der Waals surface area contributed by atoms with Gasteiger partial charge in [0, 0.05) is 5.02 Å². The molecule has 1 aliphatic carbocycles. The Morgan fingerprint density at radius 2 is 2.12 bits per heavy atom. The van der Waals surface area contributed by atoms with Crippen LogP contribution in [-0.4, -0.2) is 22.0 Å². The summed E-state index contributed by atoms with van der Waals surface area (Å²) < 4.78 is 0. The highest BCUT2D eigenvalue weighted by Crippen LogP contribution is 2.49. The van der Waals surface area contributed by atoms with E-state index in [1.165, 1.54) is 0 Å². The molecule has 3 rings (SSSR count). The number of carboxylic acid groups (broad SMARTS) is 1. The summed E-state index contributed by atoms with van der Waals surface area (Å²) in [6, 6.07) is 7.03. The average Bonchev–Trinajstić information content (AvgIpc) is 3.24. The largest absolute Gasteiger partial charge is 0.477 e. The standard InChI is InChI=1S/C17H17ClN2O3S/c1-9-13(15(21)22)24-14(19-9)10(2)20-16(23)17(6-7-17)11-4-3-5-12(18)8-11/h3-5,8,10H,6-7H2,1-2H3,(H,20,23)(H,21,22). The molecule has 5 nitrogen and oxygen atoms in total. The van der Waals surface area contributed by atoms with Crippen LogP contribution in [0.2, 0.25) is 5.02 Å². The minimum Gasteiger partial charge on any atom is -0.477 e. The minimum atomic E-state index is -0.993. The summed E-state index contributed by atoms with van der Waals surface area (Å²) in [5.74, 6) is -1.06. The average molecular weight is 365 g/mol. The van der Waals surface area contributed by atoms with Crippen molar-refractivity contribution in [3.63, 3.8) is 0 Å². The second-order valence-corrected chi connectivity index (χ2v) is 7.53. The Bertz CT molecular complexity index is 814. The molecule has 0 radical (unpaired) electrons. The Labute approximate surface area is 148 Å². The van der Waals surface area contributed by atoms with Crippen LogP contribution in [0.5, 0.6) is 0 Å². The van der Waals surface area contributed by atoms with Crippen molar-refractivity contribution in [1.82, 2.24) is 10.3 Å². The highest BCUT2D eigenvalue weighted by molar-refractivity contribution is 7.13. The lowest BCUT2D eigenvalue weighted by molar-refractivity contribution is -0.124. The zero-order valence-corrected chi connectivity index (χ0v) is 14.9. The molecule has 1 aromatic heterocycles. The first-order valence-corrected chi connectivity index (χ1v) is 8.80. The molecule has 126 valence electrons. The number of benzene rings is 1. The highest BCUT2D eigenvalue weighted by atomic mass is 35.5. The third kappa shape index (κ3) is 3.03. The lowest BCUT2D eigenvalue weighted by Gasteiger charge is -2.19. The molecule has 1 aromatic carbocycles. The fourth-order valence-corrected chi connectivity index (χ4v) is 3.85. The Balaban J connectivity index is 1.77. The molecular formula is C17H17ClN2O3S. The van der Waals surface area contributed by atoms with E-state index in [1.54, 1.807) is 13.0 Å². The predicted octanol–water partition coefficient (Wildman–Crippen LogP) is 3.71. The molecule has 1 fully saturated rings. The number of carbonyl (C=O) groups is 2. The molecule has 1 atom stereocenters.